The fraction of sp³-hybridized carbons (Fsp3) is 0.364. The van der Waals surface area contributed by atoms with Gasteiger partial charge in [-0.1, -0.05) is 5.16 Å². The van der Waals surface area contributed by atoms with E-state index in [0.717, 1.165) is 11.3 Å². The molecular weight excluding hydrogens is 391 g/mol. The lowest BCUT2D eigenvalue weighted by molar-refractivity contribution is -0.144. The summed E-state index contributed by atoms with van der Waals surface area (Å²) in [7, 11) is 1.61. The van der Waals surface area contributed by atoms with Crippen molar-refractivity contribution in [2.24, 2.45) is 5.16 Å². The Morgan fingerprint density at radius 1 is 1.17 bits per heavy atom. The molecular formula is C22H25FN2O5. The van der Waals surface area contributed by atoms with Crippen LogP contribution in [0.5, 0.6) is 11.5 Å². The number of methoxy groups -OCH3 is 1. The van der Waals surface area contributed by atoms with Gasteiger partial charge in [0.1, 0.15) is 30.0 Å². The monoisotopic (exact) mass is 416 g/mol. The molecule has 1 aliphatic heterocycles. The van der Waals surface area contributed by atoms with E-state index in [9.17, 15) is 9.18 Å². The minimum absolute atomic E-state index is 0.154. The summed E-state index contributed by atoms with van der Waals surface area (Å²) in [6.45, 7) is 3.21. The third-order valence-electron chi connectivity index (χ3n) is 4.64. The predicted octanol–water partition coefficient (Wildman–Crippen LogP) is 2.88. The molecule has 1 saturated heterocycles. The van der Waals surface area contributed by atoms with Crippen LogP contribution in [0.2, 0.25) is 0 Å². The van der Waals surface area contributed by atoms with E-state index in [4.69, 9.17) is 19.0 Å². The van der Waals surface area contributed by atoms with Gasteiger partial charge in [-0.05, 0) is 61.0 Å². The molecule has 1 fully saturated rings. The summed E-state index contributed by atoms with van der Waals surface area (Å²) in [6, 6.07) is 13.2. The van der Waals surface area contributed by atoms with Gasteiger partial charge < -0.3 is 23.9 Å². The van der Waals surface area contributed by atoms with Crippen LogP contribution in [-0.4, -0.2) is 62.6 Å². The lowest BCUT2D eigenvalue weighted by Crippen LogP contribution is -2.48. The second-order valence-corrected chi connectivity index (χ2v) is 6.78. The first-order valence-electron chi connectivity index (χ1n) is 9.64. The lowest BCUT2D eigenvalue weighted by Gasteiger charge is -2.32. The van der Waals surface area contributed by atoms with Crippen molar-refractivity contribution in [2.45, 2.75) is 13.0 Å². The molecule has 2 aromatic rings. The van der Waals surface area contributed by atoms with Crippen LogP contribution in [0.4, 0.5) is 4.39 Å². The van der Waals surface area contributed by atoms with Gasteiger partial charge in [0.2, 0.25) is 0 Å². The van der Waals surface area contributed by atoms with Crippen LogP contribution >= 0.6 is 0 Å². The highest BCUT2D eigenvalue weighted by molar-refractivity contribution is 5.98. The quantitative estimate of drug-likeness (QED) is 0.489. The van der Waals surface area contributed by atoms with E-state index >= 15 is 0 Å². The summed E-state index contributed by atoms with van der Waals surface area (Å²) in [5.74, 6) is 0.817. The second-order valence-electron chi connectivity index (χ2n) is 6.78. The zero-order valence-corrected chi connectivity index (χ0v) is 17.0. The third kappa shape index (κ3) is 6.18. The van der Waals surface area contributed by atoms with Crippen molar-refractivity contribution in [1.29, 1.82) is 0 Å². The summed E-state index contributed by atoms with van der Waals surface area (Å²) in [4.78, 5) is 19.4. The minimum Gasteiger partial charge on any atom is -0.497 e. The van der Waals surface area contributed by atoms with Gasteiger partial charge in [-0.3, -0.25) is 4.79 Å². The van der Waals surface area contributed by atoms with E-state index in [1.165, 1.54) is 12.1 Å². The number of hydrogen-bond donors (Lipinski definition) is 0. The Hall–Kier alpha value is -3.13. The van der Waals surface area contributed by atoms with Gasteiger partial charge in [0.05, 0.1) is 26.0 Å². The molecule has 0 radical (unpaired) electrons. The molecule has 1 aliphatic rings. The second kappa shape index (κ2) is 10.6. The van der Waals surface area contributed by atoms with Crippen LogP contribution in [0.3, 0.4) is 0 Å². The number of ether oxygens (including phenoxy) is 3. The van der Waals surface area contributed by atoms with E-state index in [1.807, 2.05) is 31.2 Å². The number of rotatable bonds is 8. The van der Waals surface area contributed by atoms with Gasteiger partial charge in [-0.15, -0.1) is 0 Å². The van der Waals surface area contributed by atoms with Gasteiger partial charge in [-0.2, -0.15) is 0 Å². The number of amides is 1. The van der Waals surface area contributed by atoms with E-state index < -0.39 is 0 Å². The smallest absolute Gasteiger partial charge is 0.263 e. The molecule has 0 N–H and O–H groups in total. The molecule has 0 aliphatic carbocycles. The summed E-state index contributed by atoms with van der Waals surface area (Å²) >= 11 is 0. The molecule has 0 saturated carbocycles. The molecule has 1 amide bonds. The number of hydrogen-bond acceptors (Lipinski definition) is 6. The average Bonchev–Trinajstić information content (AvgIpc) is 2.78. The summed E-state index contributed by atoms with van der Waals surface area (Å²) in [6.07, 6.45) is -0.266. The summed E-state index contributed by atoms with van der Waals surface area (Å²) in [5.41, 5.74) is 1.55. The molecule has 30 heavy (non-hydrogen) atoms. The van der Waals surface area contributed by atoms with Crippen LogP contribution in [0.25, 0.3) is 0 Å². The Balaban J connectivity index is 1.44. The van der Waals surface area contributed by atoms with Crippen molar-refractivity contribution in [2.75, 3.05) is 40.0 Å². The highest BCUT2D eigenvalue weighted by Crippen LogP contribution is 2.14. The van der Waals surface area contributed by atoms with Crippen LogP contribution in [-0.2, 0) is 14.4 Å². The standard InChI is InChI=1S/C22H25FN2O5/c1-16(17-3-7-19(27-2)8-4-17)24-30-15-22(26)25-11-12-28-21(13-25)14-29-20-9-5-18(23)6-10-20/h3-10,21H,11-15H2,1-2H3/b24-16+. The Morgan fingerprint density at radius 2 is 1.87 bits per heavy atom. The van der Waals surface area contributed by atoms with Crippen LogP contribution in [0.15, 0.2) is 53.7 Å². The number of carbonyl (C=O) groups excluding carboxylic acids is 1. The number of nitrogens with zero attached hydrogens (tertiary/aromatic N) is 2. The maximum absolute atomic E-state index is 13.0. The van der Waals surface area contributed by atoms with Crippen LogP contribution in [0, 0.1) is 5.82 Å². The fourth-order valence-corrected chi connectivity index (χ4v) is 2.93. The van der Waals surface area contributed by atoms with E-state index in [0.29, 0.717) is 31.2 Å². The topological polar surface area (TPSA) is 69.6 Å². The van der Waals surface area contributed by atoms with Gasteiger partial charge in [0.15, 0.2) is 6.61 Å². The molecule has 1 atom stereocenters. The SMILES string of the molecule is COc1ccc(/C(C)=N/OCC(=O)N2CCOC(COc3ccc(F)cc3)C2)cc1. The van der Waals surface area contributed by atoms with Crippen molar-refractivity contribution in [3.8, 4) is 11.5 Å². The normalized spacial score (nSPS) is 16.8. The minimum atomic E-state index is -0.321. The molecule has 0 spiro atoms. The van der Waals surface area contributed by atoms with Gasteiger partial charge in [-0.25, -0.2) is 4.39 Å². The lowest BCUT2D eigenvalue weighted by atomic mass is 10.1. The zero-order valence-electron chi connectivity index (χ0n) is 17.0. The Kier molecular flexibility index (Phi) is 7.62. The number of morpholine rings is 1. The van der Waals surface area contributed by atoms with Gasteiger partial charge >= 0.3 is 0 Å². The van der Waals surface area contributed by atoms with Gasteiger partial charge in [0, 0.05) is 6.54 Å². The van der Waals surface area contributed by atoms with E-state index in [1.54, 1.807) is 24.1 Å². The highest BCUT2D eigenvalue weighted by atomic mass is 19.1. The highest BCUT2D eigenvalue weighted by Gasteiger charge is 2.25. The molecule has 1 unspecified atom stereocenters. The van der Waals surface area contributed by atoms with Crippen molar-refractivity contribution in [3.63, 3.8) is 0 Å². The predicted molar refractivity (Wildman–Crippen MR) is 109 cm³/mol. The van der Waals surface area contributed by atoms with Crippen molar-refractivity contribution < 1.29 is 28.2 Å². The van der Waals surface area contributed by atoms with Crippen molar-refractivity contribution >= 4 is 11.6 Å². The van der Waals surface area contributed by atoms with Gasteiger partial charge in [0.25, 0.3) is 5.91 Å². The molecule has 160 valence electrons. The molecule has 2 aromatic carbocycles. The summed E-state index contributed by atoms with van der Waals surface area (Å²) < 4.78 is 29.3. The number of oxime groups is 1. The molecule has 0 bridgehead atoms. The molecule has 7 nitrogen and oxygen atoms in total. The zero-order chi connectivity index (χ0) is 21.3. The third-order valence-corrected chi connectivity index (χ3v) is 4.64. The molecule has 0 aromatic heterocycles. The number of halogens is 1. The Morgan fingerprint density at radius 3 is 2.57 bits per heavy atom. The molecule has 3 rings (SSSR count). The van der Waals surface area contributed by atoms with Crippen molar-refractivity contribution in [3.05, 3.63) is 59.9 Å². The summed E-state index contributed by atoms with van der Waals surface area (Å²) in [5, 5.41) is 4.03. The van der Waals surface area contributed by atoms with E-state index in [2.05, 4.69) is 5.16 Å². The largest absolute Gasteiger partial charge is 0.497 e. The maximum Gasteiger partial charge on any atom is 0.263 e. The maximum atomic E-state index is 13.0. The Bertz CT molecular complexity index is 855. The van der Waals surface area contributed by atoms with Crippen LogP contribution in [0.1, 0.15) is 12.5 Å². The Labute approximate surface area is 175 Å². The number of carbonyl (C=O) groups is 1. The first kappa shape index (κ1) is 21.6. The fourth-order valence-electron chi connectivity index (χ4n) is 2.93. The first-order valence-corrected chi connectivity index (χ1v) is 9.64. The number of benzene rings is 2. The van der Waals surface area contributed by atoms with Crippen LogP contribution < -0.4 is 9.47 Å². The van der Waals surface area contributed by atoms with Crippen molar-refractivity contribution in [1.82, 2.24) is 4.90 Å². The average molecular weight is 416 g/mol. The molecule has 1 heterocycles. The molecule has 8 heteroatoms. The van der Waals surface area contributed by atoms with E-state index in [-0.39, 0.29) is 31.0 Å². The first-order chi connectivity index (χ1) is 14.5.